The van der Waals surface area contributed by atoms with E-state index in [1.807, 2.05) is 38.3 Å². The number of aromatic nitrogens is 2. The second-order valence-corrected chi connectivity index (χ2v) is 2.61. The predicted molar refractivity (Wildman–Crippen MR) is 45.7 cm³/mol. The Kier molecular flexibility index (Phi) is 2.41. The van der Waals surface area contributed by atoms with E-state index in [9.17, 15) is 0 Å². The average molecular weight is 151 g/mol. The molecule has 1 aromatic rings. The maximum absolute atomic E-state index is 4.17. The van der Waals surface area contributed by atoms with Crippen molar-refractivity contribution >= 4 is 5.69 Å². The van der Waals surface area contributed by atoms with Crippen molar-refractivity contribution in [2.45, 2.75) is 13.3 Å². The fraction of sp³-hybridized carbons (Fsp3) is 0.500. The highest BCUT2D eigenvalue weighted by Crippen LogP contribution is 2.05. The zero-order valence-corrected chi connectivity index (χ0v) is 7.20. The van der Waals surface area contributed by atoms with Crippen LogP contribution in [0.15, 0.2) is 12.4 Å². The first-order valence-electron chi connectivity index (χ1n) is 3.72. The van der Waals surface area contributed by atoms with E-state index in [0.717, 1.165) is 17.9 Å². The lowest BCUT2D eigenvalue weighted by Gasteiger charge is -2.10. The number of rotatable bonds is 2. The summed E-state index contributed by atoms with van der Waals surface area (Å²) in [5.74, 6) is 0.899. The second-order valence-electron chi connectivity index (χ2n) is 2.61. The molecule has 0 amide bonds. The summed E-state index contributed by atoms with van der Waals surface area (Å²) in [5, 5.41) is 0. The number of aryl methyl sites for hydroxylation is 1. The largest absolute Gasteiger partial charge is 0.375 e. The molecular formula is C8H13N3. The highest BCUT2D eigenvalue weighted by Gasteiger charge is 1.95. The zero-order valence-electron chi connectivity index (χ0n) is 7.20. The molecule has 0 spiro atoms. The first kappa shape index (κ1) is 7.98. The maximum atomic E-state index is 4.17. The van der Waals surface area contributed by atoms with Gasteiger partial charge in [-0.1, -0.05) is 6.92 Å². The molecule has 0 radical (unpaired) electrons. The quantitative estimate of drug-likeness (QED) is 0.634. The van der Waals surface area contributed by atoms with Gasteiger partial charge in [0.2, 0.25) is 0 Å². The van der Waals surface area contributed by atoms with E-state index in [1.165, 1.54) is 0 Å². The van der Waals surface area contributed by atoms with Crippen LogP contribution >= 0.6 is 0 Å². The van der Waals surface area contributed by atoms with Gasteiger partial charge in [-0.25, -0.2) is 9.97 Å². The van der Waals surface area contributed by atoms with Crippen LogP contribution in [0, 0.1) is 0 Å². The summed E-state index contributed by atoms with van der Waals surface area (Å²) in [6.07, 6.45) is 4.57. The van der Waals surface area contributed by atoms with Gasteiger partial charge in [0.25, 0.3) is 0 Å². The molecule has 0 saturated heterocycles. The van der Waals surface area contributed by atoms with Gasteiger partial charge in [0.1, 0.15) is 5.82 Å². The topological polar surface area (TPSA) is 29.0 Å². The monoisotopic (exact) mass is 151 g/mol. The molecule has 0 atom stereocenters. The minimum Gasteiger partial charge on any atom is -0.375 e. The Labute approximate surface area is 67.1 Å². The molecule has 3 heteroatoms. The van der Waals surface area contributed by atoms with Crippen molar-refractivity contribution in [3.8, 4) is 0 Å². The molecule has 0 aliphatic rings. The summed E-state index contributed by atoms with van der Waals surface area (Å²) in [5.41, 5.74) is 1.04. The molecule has 0 unspecified atom stereocenters. The van der Waals surface area contributed by atoms with E-state index < -0.39 is 0 Å². The number of nitrogens with zero attached hydrogens (tertiary/aromatic N) is 3. The first-order valence-corrected chi connectivity index (χ1v) is 3.72. The van der Waals surface area contributed by atoms with Crippen LogP contribution in [0.4, 0.5) is 5.69 Å². The van der Waals surface area contributed by atoms with Crippen LogP contribution in [-0.2, 0) is 6.42 Å². The summed E-state index contributed by atoms with van der Waals surface area (Å²) >= 11 is 0. The lowest BCUT2D eigenvalue weighted by molar-refractivity contribution is 0.928. The van der Waals surface area contributed by atoms with Crippen molar-refractivity contribution in [1.82, 2.24) is 9.97 Å². The standard InChI is InChI=1S/C8H13N3/c1-4-8-9-5-7(6-10-8)11(2)3/h5-6H,4H2,1-3H3. The van der Waals surface area contributed by atoms with Crippen LogP contribution in [0.25, 0.3) is 0 Å². The van der Waals surface area contributed by atoms with Crippen molar-refractivity contribution in [2.24, 2.45) is 0 Å². The Balaban J connectivity index is 2.83. The molecule has 60 valence electrons. The third kappa shape index (κ3) is 1.90. The molecule has 11 heavy (non-hydrogen) atoms. The average Bonchev–Trinajstić information content (AvgIpc) is 2.05. The third-order valence-electron chi connectivity index (χ3n) is 1.52. The van der Waals surface area contributed by atoms with Crippen molar-refractivity contribution < 1.29 is 0 Å². The smallest absolute Gasteiger partial charge is 0.128 e. The van der Waals surface area contributed by atoms with Crippen LogP contribution in [0.5, 0.6) is 0 Å². The van der Waals surface area contributed by atoms with Gasteiger partial charge in [0, 0.05) is 20.5 Å². The third-order valence-corrected chi connectivity index (χ3v) is 1.52. The van der Waals surface area contributed by atoms with Crippen LogP contribution < -0.4 is 4.90 Å². The Hall–Kier alpha value is -1.12. The molecule has 0 saturated carbocycles. The predicted octanol–water partition coefficient (Wildman–Crippen LogP) is 1.10. The van der Waals surface area contributed by atoms with Crippen LogP contribution in [0.2, 0.25) is 0 Å². The molecule has 0 aromatic carbocycles. The van der Waals surface area contributed by atoms with Gasteiger partial charge >= 0.3 is 0 Å². The highest BCUT2D eigenvalue weighted by molar-refractivity contribution is 5.39. The SMILES string of the molecule is CCc1ncc(N(C)C)cn1. The van der Waals surface area contributed by atoms with Crippen LogP contribution in [0.3, 0.4) is 0 Å². The lowest BCUT2D eigenvalue weighted by Crippen LogP contribution is -2.09. The molecule has 3 nitrogen and oxygen atoms in total. The zero-order chi connectivity index (χ0) is 8.27. The van der Waals surface area contributed by atoms with Gasteiger partial charge in [0.15, 0.2) is 0 Å². The summed E-state index contributed by atoms with van der Waals surface area (Å²) in [6.45, 7) is 2.05. The van der Waals surface area contributed by atoms with Crippen molar-refractivity contribution in [3.05, 3.63) is 18.2 Å². The van der Waals surface area contributed by atoms with E-state index >= 15 is 0 Å². The maximum Gasteiger partial charge on any atom is 0.128 e. The summed E-state index contributed by atoms with van der Waals surface area (Å²) in [7, 11) is 3.95. The molecule has 1 heterocycles. The molecular weight excluding hydrogens is 138 g/mol. The van der Waals surface area contributed by atoms with E-state index in [0.29, 0.717) is 0 Å². The minimum atomic E-state index is 0.897. The Morgan fingerprint density at radius 3 is 2.18 bits per heavy atom. The summed E-state index contributed by atoms with van der Waals surface area (Å²) in [6, 6.07) is 0. The fourth-order valence-corrected chi connectivity index (χ4v) is 0.761. The molecule has 0 fully saturated rings. The van der Waals surface area contributed by atoms with E-state index in [4.69, 9.17) is 0 Å². The van der Waals surface area contributed by atoms with Gasteiger partial charge in [-0.2, -0.15) is 0 Å². The molecule has 0 aliphatic carbocycles. The number of anilines is 1. The van der Waals surface area contributed by atoms with E-state index in [1.54, 1.807) is 0 Å². The van der Waals surface area contributed by atoms with Crippen molar-refractivity contribution in [1.29, 1.82) is 0 Å². The second kappa shape index (κ2) is 3.32. The molecule has 0 bridgehead atoms. The van der Waals surface area contributed by atoms with E-state index in [-0.39, 0.29) is 0 Å². The molecule has 1 aromatic heterocycles. The first-order chi connectivity index (χ1) is 5.24. The Morgan fingerprint density at radius 1 is 1.27 bits per heavy atom. The Morgan fingerprint density at radius 2 is 1.82 bits per heavy atom. The van der Waals surface area contributed by atoms with E-state index in [2.05, 4.69) is 9.97 Å². The fourth-order valence-electron chi connectivity index (χ4n) is 0.761. The van der Waals surface area contributed by atoms with Crippen molar-refractivity contribution in [2.75, 3.05) is 19.0 Å². The van der Waals surface area contributed by atoms with Gasteiger partial charge < -0.3 is 4.90 Å². The molecule has 0 N–H and O–H groups in total. The Bertz CT molecular complexity index is 215. The number of hydrogen-bond donors (Lipinski definition) is 0. The minimum absolute atomic E-state index is 0.897. The summed E-state index contributed by atoms with van der Waals surface area (Å²) < 4.78 is 0. The van der Waals surface area contributed by atoms with Gasteiger partial charge in [-0.05, 0) is 0 Å². The van der Waals surface area contributed by atoms with Crippen LogP contribution in [0.1, 0.15) is 12.7 Å². The van der Waals surface area contributed by atoms with Crippen LogP contribution in [-0.4, -0.2) is 24.1 Å². The highest BCUT2D eigenvalue weighted by atomic mass is 15.1. The van der Waals surface area contributed by atoms with Crippen molar-refractivity contribution in [3.63, 3.8) is 0 Å². The summed E-state index contributed by atoms with van der Waals surface area (Å²) in [4.78, 5) is 10.3. The normalized spacial score (nSPS) is 9.73. The number of hydrogen-bond acceptors (Lipinski definition) is 3. The molecule has 0 aliphatic heterocycles. The van der Waals surface area contributed by atoms with Gasteiger partial charge in [0.05, 0.1) is 18.1 Å². The van der Waals surface area contributed by atoms with Gasteiger partial charge in [-0.3, -0.25) is 0 Å². The van der Waals surface area contributed by atoms with Gasteiger partial charge in [-0.15, -0.1) is 0 Å². The molecule has 1 rings (SSSR count). The lowest BCUT2D eigenvalue weighted by atomic mass is 10.4.